The summed E-state index contributed by atoms with van der Waals surface area (Å²) >= 11 is 0. The van der Waals surface area contributed by atoms with E-state index in [1.54, 1.807) is 0 Å². The van der Waals surface area contributed by atoms with E-state index in [-0.39, 0.29) is 23.1 Å². The van der Waals surface area contributed by atoms with Crippen molar-refractivity contribution in [2.75, 3.05) is 4.90 Å². The molecule has 1 aromatic rings. The fraction of sp³-hybridized carbons (Fsp3) is 0.400. The fourth-order valence-corrected chi connectivity index (χ4v) is 3.45. The number of hydrogen-bond acceptors (Lipinski definition) is 3. The number of carbonyl (C=O) groups is 1. The third kappa shape index (κ3) is 2.60. The molecule has 1 aliphatic carbocycles. The Hall–Kier alpha value is -2.54. The van der Waals surface area contributed by atoms with Crippen LogP contribution in [0.25, 0.3) is 0 Å². The van der Waals surface area contributed by atoms with Gasteiger partial charge in [-0.05, 0) is 42.4 Å². The lowest BCUT2D eigenvalue weighted by Crippen LogP contribution is -2.43. The number of anilines is 1. The van der Waals surface area contributed by atoms with Gasteiger partial charge in [0, 0.05) is 11.5 Å². The van der Waals surface area contributed by atoms with E-state index in [4.69, 9.17) is 5.73 Å². The predicted molar refractivity (Wildman–Crippen MR) is 94.9 cm³/mol. The average Bonchev–Trinajstić information content (AvgIpc) is 2.55. The summed E-state index contributed by atoms with van der Waals surface area (Å²) in [5, 5.41) is 9.55. The van der Waals surface area contributed by atoms with Gasteiger partial charge in [0.15, 0.2) is 0 Å². The molecule has 1 atom stereocenters. The summed E-state index contributed by atoms with van der Waals surface area (Å²) in [5.41, 5.74) is 9.39. The van der Waals surface area contributed by atoms with Crippen LogP contribution in [-0.2, 0) is 10.2 Å². The molecule has 124 valence electrons. The molecule has 0 aromatic heterocycles. The highest BCUT2D eigenvalue weighted by Gasteiger charge is 2.38. The zero-order valence-electron chi connectivity index (χ0n) is 14.5. The maximum absolute atomic E-state index is 12.9. The van der Waals surface area contributed by atoms with Crippen molar-refractivity contribution in [2.24, 2.45) is 11.7 Å². The summed E-state index contributed by atoms with van der Waals surface area (Å²) in [4.78, 5) is 14.4. The van der Waals surface area contributed by atoms with E-state index in [1.807, 2.05) is 30.3 Å². The van der Waals surface area contributed by atoms with E-state index in [9.17, 15) is 10.1 Å². The first kappa shape index (κ1) is 16.3. The van der Waals surface area contributed by atoms with Crippen molar-refractivity contribution in [1.29, 1.82) is 5.26 Å². The topological polar surface area (TPSA) is 70.1 Å². The predicted octanol–water partition coefficient (Wildman–Crippen LogP) is 3.75. The third-order valence-electron chi connectivity index (χ3n) is 4.86. The number of fused-ring (bicyclic) bond motifs is 1. The van der Waals surface area contributed by atoms with E-state index in [0.29, 0.717) is 16.8 Å². The largest absolute Gasteiger partial charge is 0.384 e. The van der Waals surface area contributed by atoms with Gasteiger partial charge in [0.05, 0.1) is 17.3 Å². The Balaban J connectivity index is 2.07. The molecular formula is C20H23N3O. The van der Waals surface area contributed by atoms with Gasteiger partial charge < -0.3 is 5.73 Å². The zero-order valence-corrected chi connectivity index (χ0v) is 14.5. The van der Waals surface area contributed by atoms with Gasteiger partial charge in [-0.2, -0.15) is 5.26 Å². The number of carbonyl (C=O) groups excluding carboxylic acids is 1. The normalized spacial score (nSPS) is 21.2. The molecule has 0 saturated carbocycles. The molecule has 2 N–H and O–H groups in total. The molecule has 4 nitrogen and oxygen atoms in total. The van der Waals surface area contributed by atoms with Crippen molar-refractivity contribution in [3.63, 3.8) is 0 Å². The molecule has 24 heavy (non-hydrogen) atoms. The first-order chi connectivity index (χ1) is 11.3. The first-order valence-electron chi connectivity index (χ1n) is 8.39. The minimum absolute atomic E-state index is 0.0423. The Morgan fingerprint density at radius 1 is 1.25 bits per heavy atom. The van der Waals surface area contributed by atoms with Gasteiger partial charge in [-0.25, -0.2) is 0 Å². The summed E-state index contributed by atoms with van der Waals surface area (Å²) in [6, 6.07) is 10.1. The van der Waals surface area contributed by atoms with E-state index in [2.05, 4.69) is 26.8 Å². The van der Waals surface area contributed by atoms with Crippen LogP contribution in [0.5, 0.6) is 0 Å². The lowest BCUT2D eigenvalue weighted by atomic mass is 9.79. The van der Waals surface area contributed by atoms with Gasteiger partial charge >= 0.3 is 0 Å². The number of hydrogen-bond donors (Lipinski definition) is 1. The third-order valence-corrected chi connectivity index (χ3v) is 4.86. The molecule has 0 saturated heterocycles. The maximum atomic E-state index is 12.9. The second kappa shape index (κ2) is 5.83. The minimum Gasteiger partial charge on any atom is -0.384 e. The molecule has 1 aliphatic heterocycles. The smallest absolute Gasteiger partial charge is 0.260 e. The van der Waals surface area contributed by atoms with Crippen molar-refractivity contribution >= 4 is 11.6 Å². The van der Waals surface area contributed by atoms with Gasteiger partial charge in [-0.1, -0.05) is 39.0 Å². The van der Waals surface area contributed by atoms with Crippen molar-refractivity contribution in [1.82, 2.24) is 0 Å². The highest BCUT2D eigenvalue weighted by molar-refractivity contribution is 6.10. The molecule has 3 rings (SSSR count). The van der Waals surface area contributed by atoms with E-state index in [0.717, 1.165) is 19.3 Å². The molecule has 0 bridgehead atoms. The van der Waals surface area contributed by atoms with Crippen molar-refractivity contribution in [2.45, 2.75) is 45.4 Å². The van der Waals surface area contributed by atoms with Gasteiger partial charge in [0.1, 0.15) is 5.82 Å². The van der Waals surface area contributed by atoms with Crippen LogP contribution in [0, 0.1) is 17.2 Å². The monoisotopic (exact) mass is 321 g/mol. The Bertz CT molecular complexity index is 773. The Kier molecular flexibility index (Phi) is 3.96. The van der Waals surface area contributed by atoms with Crippen LogP contribution in [0.1, 0.15) is 45.6 Å². The van der Waals surface area contributed by atoms with Gasteiger partial charge in [0.25, 0.3) is 5.91 Å². The Morgan fingerprint density at radius 3 is 2.50 bits per heavy atom. The van der Waals surface area contributed by atoms with Crippen LogP contribution in [0.4, 0.5) is 5.69 Å². The Morgan fingerprint density at radius 2 is 1.92 bits per heavy atom. The van der Waals surface area contributed by atoms with Gasteiger partial charge in [-0.15, -0.1) is 0 Å². The lowest BCUT2D eigenvalue weighted by Gasteiger charge is -2.35. The number of allylic oxidation sites excluding steroid dienone is 2. The van der Waals surface area contributed by atoms with Gasteiger partial charge in [-0.3, -0.25) is 9.69 Å². The lowest BCUT2D eigenvalue weighted by molar-refractivity contribution is -0.115. The van der Waals surface area contributed by atoms with Crippen molar-refractivity contribution in [3.8, 4) is 6.07 Å². The van der Waals surface area contributed by atoms with Crippen LogP contribution in [0.2, 0.25) is 0 Å². The highest BCUT2D eigenvalue weighted by Crippen LogP contribution is 2.39. The van der Waals surface area contributed by atoms with E-state index < -0.39 is 0 Å². The van der Waals surface area contributed by atoms with E-state index >= 15 is 0 Å². The molecule has 0 radical (unpaired) electrons. The number of benzene rings is 1. The molecule has 0 unspecified atom stereocenters. The number of nitrogens with zero attached hydrogens (tertiary/aromatic N) is 2. The van der Waals surface area contributed by atoms with Crippen molar-refractivity contribution < 1.29 is 4.79 Å². The quantitative estimate of drug-likeness (QED) is 0.856. The number of rotatable bonds is 1. The highest BCUT2D eigenvalue weighted by atomic mass is 16.2. The van der Waals surface area contributed by atoms with Crippen LogP contribution in [0.15, 0.2) is 47.3 Å². The number of amides is 1. The molecule has 1 amide bonds. The summed E-state index contributed by atoms with van der Waals surface area (Å²) in [7, 11) is 0. The molecular weight excluding hydrogens is 298 g/mol. The van der Waals surface area contributed by atoms with Crippen molar-refractivity contribution in [3.05, 3.63) is 52.9 Å². The van der Waals surface area contributed by atoms with Crippen LogP contribution >= 0.6 is 0 Å². The number of nitriles is 1. The second-order valence-corrected chi connectivity index (χ2v) is 7.49. The molecule has 4 heteroatoms. The average molecular weight is 321 g/mol. The minimum atomic E-state index is -0.138. The summed E-state index contributed by atoms with van der Waals surface area (Å²) in [6.07, 6.45) is 4.65. The SMILES string of the molecule is CC(C)(C)c1ccc(N2C(=O)C3=CCCC[C@@H]3C(C#N)=C2N)cc1. The molecule has 0 fully saturated rings. The Labute approximate surface area is 143 Å². The second-order valence-electron chi connectivity index (χ2n) is 7.49. The molecule has 2 aliphatic rings. The summed E-state index contributed by atoms with van der Waals surface area (Å²) < 4.78 is 0. The zero-order chi connectivity index (χ0) is 17.5. The summed E-state index contributed by atoms with van der Waals surface area (Å²) in [5.74, 6) is 0.0381. The first-order valence-corrected chi connectivity index (χ1v) is 8.39. The van der Waals surface area contributed by atoms with Crippen LogP contribution < -0.4 is 10.6 Å². The number of nitrogens with two attached hydrogens (primary N) is 1. The molecule has 1 aromatic carbocycles. The van der Waals surface area contributed by atoms with Crippen LogP contribution in [0.3, 0.4) is 0 Å². The van der Waals surface area contributed by atoms with Crippen LogP contribution in [-0.4, -0.2) is 5.91 Å². The maximum Gasteiger partial charge on any atom is 0.260 e. The standard InChI is InChI=1S/C20H23N3O/c1-20(2,3)13-8-10-14(11-9-13)23-18(22)17(12-21)15-6-4-5-7-16(15)19(23)24/h7-11,15H,4-6,22H2,1-3H3/t15-/m0/s1. The summed E-state index contributed by atoms with van der Waals surface area (Å²) in [6.45, 7) is 6.44. The molecule has 1 heterocycles. The fourth-order valence-electron chi connectivity index (χ4n) is 3.45. The molecule has 0 spiro atoms. The van der Waals surface area contributed by atoms with E-state index in [1.165, 1.54) is 10.5 Å². The van der Waals surface area contributed by atoms with Gasteiger partial charge in [0.2, 0.25) is 0 Å².